The van der Waals surface area contributed by atoms with Gasteiger partial charge in [0, 0.05) is 5.56 Å². The molecule has 1 rings (SSSR count). The SMILES string of the molecule is CCCC(C(=O)OCC)C(=O)c1ccc(OC)c(C)c1. The van der Waals surface area contributed by atoms with Crippen molar-refractivity contribution in [2.75, 3.05) is 13.7 Å². The predicted molar refractivity (Wildman–Crippen MR) is 77.1 cm³/mol. The monoisotopic (exact) mass is 278 g/mol. The van der Waals surface area contributed by atoms with Gasteiger partial charge in [0.2, 0.25) is 0 Å². The molecule has 0 aromatic heterocycles. The van der Waals surface area contributed by atoms with Gasteiger partial charge in [-0.25, -0.2) is 0 Å². The lowest BCUT2D eigenvalue weighted by Gasteiger charge is -2.14. The molecule has 0 N–H and O–H groups in total. The fourth-order valence-corrected chi connectivity index (χ4v) is 2.12. The summed E-state index contributed by atoms with van der Waals surface area (Å²) in [5, 5.41) is 0. The zero-order chi connectivity index (χ0) is 15.1. The van der Waals surface area contributed by atoms with Crippen molar-refractivity contribution in [3.8, 4) is 5.75 Å². The summed E-state index contributed by atoms with van der Waals surface area (Å²) in [6.45, 7) is 5.84. The molecule has 4 nitrogen and oxygen atoms in total. The summed E-state index contributed by atoms with van der Waals surface area (Å²) in [7, 11) is 1.59. The largest absolute Gasteiger partial charge is 0.496 e. The van der Waals surface area contributed by atoms with Crippen molar-refractivity contribution in [1.29, 1.82) is 0 Å². The summed E-state index contributed by atoms with van der Waals surface area (Å²) in [6.07, 6.45) is 1.26. The summed E-state index contributed by atoms with van der Waals surface area (Å²) < 4.78 is 10.2. The minimum absolute atomic E-state index is 0.184. The third-order valence-electron chi connectivity index (χ3n) is 3.14. The first-order valence-corrected chi connectivity index (χ1v) is 6.90. The van der Waals surface area contributed by atoms with Gasteiger partial charge in [-0.2, -0.15) is 0 Å². The van der Waals surface area contributed by atoms with Gasteiger partial charge in [-0.15, -0.1) is 0 Å². The van der Waals surface area contributed by atoms with Crippen molar-refractivity contribution in [2.45, 2.75) is 33.6 Å². The number of aryl methyl sites for hydroxylation is 1. The van der Waals surface area contributed by atoms with E-state index in [1.807, 2.05) is 13.8 Å². The van der Waals surface area contributed by atoms with Gasteiger partial charge in [0.1, 0.15) is 11.7 Å². The maximum atomic E-state index is 12.5. The summed E-state index contributed by atoms with van der Waals surface area (Å²) in [4.78, 5) is 24.3. The normalized spacial score (nSPS) is 11.8. The van der Waals surface area contributed by atoms with Gasteiger partial charge in [0.25, 0.3) is 0 Å². The zero-order valence-corrected chi connectivity index (χ0v) is 12.6. The molecule has 1 aromatic carbocycles. The number of rotatable bonds is 7. The van der Waals surface area contributed by atoms with Gasteiger partial charge in [-0.3, -0.25) is 9.59 Å². The summed E-state index contributed by atoms with van der Waals surface area (Å²) in [5.74, 6) is -0.610. The second kappa shape index (κ2) is 7.68. The van der Waals surface area contributed by atoms with Gasteiger partial charge in [0.15, 0.2) is 5.78 Å². The Morgan fingerprint density at radius 1 is 1.25 bits per heavy atom. The van der Waals surface area contributed by atoms with Crippen LogP contribution in [0.3, 0.4) is 0 Å². The first kappa shape index (κ1) is 16.2. The molecule has 4 heteroatoms. The number of hydrogen-bond acceptors (Lipinski definition) is 4. The Morgan fingerprint density at radius 3 is 2.45 bits per heavy atom. The molecule has 20 heavy (non-hydrogen) atoms. The molecule has 1 atom stereocenters. The molecular formula is C16H22O4. The number of carbonyl (C=O) groups excluding carboxylic acids is 2. The highest BCUT2D eigenvalue weighted by Crippen LogP contribution is 2.22. The van der Waals surface area contributed by atoms with Crippen LogP contribution < -0.4 is 4.74 Å². The lowest BCUT2D eigenvalue weighted by molar-refractivity contribution is -0.146. The van der Waals surface area contributed by atoms with E-state index in [0.29, 0.717) is 12.0 Å². The summed E-state index contributed by atoms with van der Waals surface area (Å²) in [5.41, 5.74) is 1.40. The molecule has 0 bridgehead atoms. The average Bonchev–Trinajstić information content (AvgIpc) is 2.44. The van der Waals surface area contributed by atoms with Crippen LogP contribution in [-0.4, -0.2) is 25.5 Å². The zero-order valence-electron chi connectivity index (χ0n) is 12.6. The average molecular weight is 278 g/mol. The second-order valence-electron chi connectivity index (χ2n) is 4.64. The molecule has 0 fully saturated rings. The number of ether oxygens (including phenoxy) is 2. The highest BCUT2D eigenvalue weighted by molar-refractivity contribution is 6.08. The number of esters is 1. The molecule has 0 spiro atoms. The first-order valence-electron chi connectivity index (χ1n) is 6.90. The van der Waals surface area contributed by atoms with Crippen molar-refractivity contribution in [3.63, 3.8) is 0 Å². The molecule has 0 aliphatic carbocycles. The van der Waals surface area contributed by atoms with E-state index in [4.69, 9.17) is 9.47 Å². The number of methoxy groups -OCH3 is 1. The van der Waals surface area contributed by atoms with E-state index < -0.39 is 11.9 Å². The molecule has 0 saturated heterocycles. The van der Waals surface area contributed by atoms with Gasteiger partial charge in [-0.1, -0.05) is 13.3 Å². The predicted octanol–water partition coefficient (Wildman–Crippen LogP) is 3.17. The third kappa shape index (κ3) is 3.83. The third-order valence-corrected chi connectivity index (χ3v) is 3.14. The Labute approximate surface area is 120 Å². The summed E-state index contributed by atoms with van der Waals surface area (Å²) >= 11 is 0. The van der Waals surface area contributed by atoms with E-state index in [2.05, 4.69) is 0 Å². The fourth-order valence-electron chi connectivity index (χ4n) is 2.12. The molecule has 1 aromatic rings. The smallest absolute Gasteiger partial charge is 0.316 e. The maximum absolute atomic E-state index is 12.5. The molecule has 0 heterocycles. The first-order chi connectivity index (χ1) is 9.54. The lowest BCUT2D eigenvalue weighted by Crippen LogP contribution is -2.26. The van der Waals surface area contributed by atoms with Gasteiger partial charge >= 0.3 is 5.97 Å². The molecule has 110 valence electrons. The molecular weight excluding hydrogens is 256 g/mol. The maximum Gasteiger partial charge on any atom is 0.316 e. The minimum atomic E-state index is -0.715. The molecule has 1 unspecified atom stereocenters. The van der Waals surface area contributed by atoms with Crippen LogP contribution in [0.4, 0.5) is 0 Å². The van der Waals surface area contributed by atoms with Gasteiger partial charge in [0.05, 0.1) is 13.7 Å². The van der Waals surface area contributed by atoms with Crippen LogP contribution >= 0.6 is 0 Å². The lowest BCUT2D eigenvalue weighted by atomic mass is 9.92. The van der Waals surface area contributed by atoms with E-state index in [9.17, 15) is 9.59 Å². The van der Waals surface area contributed by atoms with Crippen LogP contribution in [0.25, 0.3) is 0 Å². The Morgan fingerprint density at radius 2 is 1.95 bits per heavy atom. The fraction of sp³-hybridized carbons (Fsp3) is 0.500. The molecule has 0 radical (unpaired) electrons. The number of carbonyl (C=O) groups is 2. The van der Waals surface area contributed by atoms with Crippen molar-refractivity contribution < 1.29 is 19.1 Å². The van der Waals surface area contributed by atoms with E-state index in [0.717, 1.165) is 17.7 Å². The Kier molecular flexibility index (Phi) is 6.22. The Hall–Kier alpha value is -1.84. The van der Waals surface area contributed by atoms with Crippen molar-refractivity contribution in [2.24, 2.45) is 5.92 Å². The highest BCUT2D eigenvalue weighted by atomic mass is 16.5. The van der Waals surface area contributed by atoms with Crippen molar-refractivity contribution in [3.05, 3.63) is 29.3 Å². The Balaban J connectivity index is 2.99. The number of ketones is 1. The van der Waals surface area contributed by atoms with Crippen LogP contribution in [0.15, 0.2) is 18.2 Å². The number of hydrogen-bond donors (Lipinski definition) is 0. The number of Topliss-reactive ketones (excluding diaryl/α,β-unsaturated/α-hetero) is 1. The van der Waals surface area contributed by atoms with Gasteiger partial charge in [-0.05, 0) is 44.0 Å². The van der Waals surface area contributed by atoms with Crippen LogP contribution in [0.5, 0.6) is 5.75 Å². The van der Waals surface area contributed by atoms with Crippen LogP contribution in [-0.2, 0) is 9.53 Å². The highest BCUT2D eigenvalue weighted by Gasteiger charge is 2.28. The second-order valence-corrected chi connectivity index (χ2v) is 4.64. The van der Waals surface area contributed by atoms with Gasteiger partial charge < -0.3 is 9.47 Å². The Bertz CT molecular complexity index is 479. The standard InChI is InChI=1S/C16H22O4/c1-5-7-13(16(18)20-6-2)15(17)12-8-9-14(19-4)11(3)10-12/h8-10,13H,5-7H2,1-4H3. The quantitative estimate of drug-likeness (QED) is 0.437. The van der Waals surface area contributed by atoms with Crippen LogP contribution in [0.1, 0.15) is 42.6 Å². The van der Waals surface area contributed by atoms with Crippen molar-refractivity contribution in [1.82, 2.24) is 0 Å². The van der Waals surface area contributed by atoms with E-state index in [-0.39, 0.29) is 12.4 Å². The number of benzene rings is 1. The summed E-state index contributed by atoms with van der Waals surface area (Å²) in [6, 6.07) is 5.19. The van der Waals surface area contributed by atoms with Crippen LogP contribution in [0.2, 0.25) is 0 Å². The van der Waals surface area contributed by atoms with E-state index >= 15 is 0 Å². The topological polar surface area (TPSA) is 52.6 Å². The van der Waals surface area contributed by atoms with E-state index in [1.54, 1.807) is 32.2 Å². The molecule has 0 saturated carbocycles. The molecule has 0 amide bonds. The van der Waals surface area contributed by atoms with Crippen LogP contribution in [0, 0.1) is 12.8 Å². The van der Waals surface area contributed by atoms with E-state index in [1.165, 1.54) is 0 Å². The molecule has 0 aliphatic heterocycles. The van der Waals surface area contributed by atoms with Crippen molar-refractivity contribution >= 4 is 11.8 Å². The molecule has 0 aliphatic rings. The minimum Gasteiger partial charge on any atom is -0.496 e.